The Morgan fingerprint density at radius 1 is 1.39 bits per heavy atom. The predicted molar refractivity (Wildman–Crippen MR) is 96.7 cm³/mol. The summed E-state index contributed by atoms with van der Waals surface area (Å²) in [6.45, 7) is 9.76. The van der Waals surface area contributed by atoms with E-state index >= 15 is 0 Å². The Labute approximate surface area is 143 Å². The number of hydrogen-bond donors (Lipinski definition) is 0. The summed E-state index contributed by atoms with van der Waals surface area (Å²) in [5.74, 6) is 0.161. The minimum Gasteiger partial charge on any atom is -0.385 e. The predicted octanol–water partition coefficient (Wildman–Crippen LogP) is 3.11. The Bertz CT molecular complexity index is 515. The molecule has 1 saturated heterocycles. The molecule has 1 fully saturated rings. The van der Waals surface area contributed by atoms with Crippen LogP contribution in [0, 0.1) is 0 Å². The molecule has 2 unspecified atom stereocenters. The molecule has 5 heteroatoms. The molecule has 1 aliphatic rings. The van der Waals surface area contributed by atoms with Gasteiger partial charge >= 0.3 is 0 Å². The van der Waals surface area contributed by atoms with Crippen LogP contribution in [0.1, 0.15) is 32.1 Å². The van der Waals surface area contributed by atoms with Crippen molar-refractivity contribution in [2.24, 2.45) is 0 Å². The molecule has 1 aromatic heterocycles. The van der Waals surface area contributed by atoms with Crippen molar-refractivity contribution < 1.29 is 9.53 Å². The van der Waals surface area contributed by atoms with Crippen LogP contribution in [0.5, 0.6) is 0 Å². The molecule has 0 spiro atoms. The molecule has 0 N–H and O–H groups in total. The molecule has 1 aromatic rings. The standard InChI is InChI=1S/C18H28N2O2S/c1-14(11-17-7-5-10-23-17)18(21)19-12-15(2)20(16(3)13-19)8-6-9-22-4/h5,7,10-11,15-16H,6,8-9,12-13H2,1-4H3/b14-11+. The highest BCUT2D eigenvalue weighted by atomic mass is 32.1. The van der Waals surface area contributed by atoms with E-state index < -0.39 is 0 Å². The number of carbonyl (C=O) groups excluding carboxylic acids is 1. The molecular weight excluding hydrogens is 308 g/mol. The minimum atomic E-state index is 0.161. The highest BCUT2D eigenvalue weighted by Gasteiger charge is 2.31. The first-order valence-corrected chi connectivity index (χ1v) is 9.16. The monoisotopic (exact) mass is 336 g/mol. The second-order valence-electron chi connectivity index (χ2n) is 6.34. The smallest absolute Gasteiger partial charge is 0.249 e. The SMILES string of the molecule is COCCCN1C(C)CN(C(=O)/C(C)=C/c2cccs2)CC1C. The molecule has 23 heavy (non-hydrogen) atoms. The Kier molecular flexibility index (Phi) is 6.81. The minimum absolute atomic E-state index is 0.161. The van der Waals surface area contributed by atoms with Crippen LogP contribution in [0.4, 0.5) is 0 Å². The summed E-state index contributed by atoms with van der Waals surface area (Å²) in [7, 11) is 1.74. The van der Waals surface area contributed by atoms with Gasteiger partial charge in [-0.15, -0.1) is 11.3 Å². The zero-order valence-electron chi connectivity index (χ0n) is 14.6. The average molecular weight is 337 g/mol. The summed E-state index contributed by atoms with van der Waals surface area (Å²) in [5.41, 5.74) is 0.819. The van der Waals surface area contributed by atoms with Crippen molar-refractivity contribution in [2.45, 2.75) is 39.3 Å². The lowest BCUT2D eigenvalue weighted by Gasteiger charge is -2.44. The fourth-order valence-corrected chi connectivity index (χ4v) is 3.97. The van der Waals surface area contributed by atoms with Gasteiger partial charge in [-0.2, -0.15) is 0 Å². The third kappa shape index (κ3) is 4.90. The zero-order chi connectivity index (χ0) is 16.8. The number of amides is 1. The molecule has 0 radical (unpaired) electrons. The second kappa shape index (κ2) is 8.62. The number of carbonyl (C=O) groups is 1. The number of piperazine rings is 1. The van der Waals surface area contributed by atoms with Crippen molar-refractivity contribution in [2.75, 3.05) is 33.4 Å². The van der Waals surface area contributed by atoms with Crippen molar-refractivity contribution >= 4 is 23.3 Å². The third-order valence-corrected chi connectivity index (χ3v) is 5.21. The average Bonchev–Trinajstić information content (AvgIpc) is 3.02. The van der Waals surface area contributed by atoms with Crippen molar-refractivity contribution in [1.29, 1.82) is 0 Å². The first-order chi connectivity index (χ1) is 11.0. The van der Waals surface area contributed by atoms with Crippen LogP contribution < -0.4 is 0 Å². The van der Waals surface area contributed by atoms with E-state index in [-0.39, 0.29) is 5.91 Å². The molecule has 0 aliphatic carbocycles. The van der Waals surface area contributed by atoms with Crippen molar-refractivity contribution in [3.8, 4) is 0 Å². The summed E-state index contributed by atoms with van der Waals surface area (Å²) >= 11 is 1.66. The second-order valence-corrected chi connectivity index (χ2v) is 7.31. The fraction of sp³-hybridized carbons (Fsp3) is 0.611. The number of hydrogen-bond acceptors (Lipinski definition) is 4. The zero-order valence-corrected chi connectivity index (χ0v) is 15.4. The lowest BCUT2D eigenvalue weighted by atomic mass is 10.1. The number of ether oxygens (including phenoxy) is 1. The van der Waals surface area contributed by atoms with Crippen LogP contribution in [0.25, 0.3) is 6.08 Å². The van der Waals surface area contributed by atoms with Crippen molar-refractivity contribution in [3.63, 3.8) is 0 Å². The van der Waals surface area contributed by atoms with Gasteiger partial charge in [0.25, 0.3) is 0 Å². The van der Waals surface area contributed by atoms with Crippen LogP contribution in [-0.2, 0) is 9.53 Å². The Morgan fingerprint density at radius 3 is 2.65 bits per heavy atom. The van der Waals surface area contributed by atoms with Gasteiger partial charge in [0.15, 0.2) is 0 Å². The highest BCUT2D eigenvalue weighted by Crippen LogP contribution is 2.20. The van der Waals surface area contributed by atoms with Gasteiger partial charge in [0.1, 0.15) is 0 Å². The molecule has 2 atom stereocenters. The lowest BCUT2D eigenvalue weighted by molar-refractivity contribution is -0.131. The van der Waals surface area contributed by atoms with Gasteiger partial charge in [-0.25, -0.2) is 0 Å². The Morgan fingerprint density at radius 2 is 2.09 bits per heavy atom. The first-order valence-electron chi connectivity index (χ1n) is 8.28. The lowest BCUT2D eigenvalue weighted by Crippen LogP contribution is -2.58. The van der Waals surface area contributed by atoms with E-state index in [4.69, 9.17) is 4.74 Å². The largest absolute Gasteiger partial charge is 0.385 e. The quantitative estimate of drug-likeness (QED) is 0.591. The number of thiophene rings is 1. The molecule has 2 heterocycles. The Balaban J connectivity index is 1.96. The summed E-state index contributed by atoms with van der Waals surface area (Å²) in [6.07, 6.45) is 3.03. The van der Waals surface area contributed by atoms with Gasteiger partial charge in [0.2, 0.25) is 5.91 Å². The molecular formula is C18H28N2O2S. The molecule has 0 aromatic carbocycles. The van der Waals surface area contributed by atoms with E-state index in [1.165, 1.54) is 0 Å². The molecule has 0 saturated carbocycles. The summed E-state index contributed by atoms with van der Waals surface area (Å²) in [6, 6.07) is 4.82. The van der Waals surface area contributed by atoms with Crippen LogP contribution in [0.3, 0.4) is 0 Å². The molecule has 4 nitrogen and oxygen atoms in total. The van der Waals surface area contributed by atoms with E-state index in [0.717, 1.165) is 43.1 Å². The first kappa shape index (κ1) is 18.2. The van der Waals surface area contributed by atoms with E-state index in [9.17, 15) is 4.79 Å². The number of methoxy groups -OCH3 is 1. The summed E-state index contributed by atoms with van der Waals surface area (Å²) in [4.78, 5) is 18.3. The van der Waals surface area contributed by atoms with Crippen molar-refractivity contribution in [1.82, 2.24) is 9.80 Å². The van der Waals surface area contributed by atoms with Gasteiger partial charge in [0.05, 0.1) is 0 Å². The number of nitrogens with zero attached hydrogens (tertiary/aromatic N) is 2. The topological polar surface area (TPSA) is 32.8 Å². The van der Waals surface area contributed by atoms with Gasteiger partial charge in [-0.3, -0.25) is 9.69 Å². The maximum Gasteiger partial charge on any atom is 0.249 e. The van der Waals surface area contributed by atoms with Gasteiger partial charge < -0.3 is 9.64 Å². The highest BCUT2D eigenvalue weighted by molar-refractivity contribution is 7.10. The molecule has 128 valence electrons. The normalized spacial score (nSPS) is 23.3. The van der Waals surface area contributed by atoms with Crippen LogP contribution in [0.15, 0.2) is 23.1 Å². The fourth-order valence-electron chi connectivity index (χ4n) is 3.25. The molecule has 0 bridgehead atoms. The van der Waals surface area contributed by atoms with Crippen molar-refractivity contribution in [3.05, 3.63) is 28.0 Å². The van der Waals surface area contributed by atoms with E-state index in [2.05, 4.69) is 18.7 Å². The third-order valence-electron chi connectivity index (χ3n) is 4.39. The van der Waals surface area contributed by atoms with E-state index in [1.807, 2.05) is 35.4 Å². The van der Waals surface area contributed by atoms with Crippen LogP contribution in [-0.4, -0.2) is 61.1 Å². The Hall–Kier alpha value is -1.17. The summed E-state index contributed by atoms with van der Waals surface area (Å²) < 4.78 is 5.15. The molecule has 1 amide bonds. The maximum atomic E-state index is 12.7. The summed E-state index contributed by atoms with van der Waals surface area (Å²) in [5, 5.41) is 2.03. The molecule has 2 rings (SSSR count). The number of rotatable bonds is 6. The van der Waals surface area contributed by atoms with Crippen LogP contribution >= 0.6 is 11.3 Å². The van der Waals surface area contributed by atoms with Gasteiger partial charge in [0, 0.05) is 55.9 Å². The van der Waals surface area contributed by atoms with Gasteiger partial charge in [-0.1, -0.05) is 6.07 Å². The maximum absolute atomic E-state index is 12.7. The van der Waals surface area contributed by atoms with Crippen LogP contribution in [0.2, 0.25) is 0 Å². The van der Waals surface area contributed by atoms with Gasteiger partial charge in [-0.05, 0) is 44.7 Å². The van der Waals surface area contributed by atoms with E-state index in [0.29, 0.717) is 12.1 Å². The van der Waals surface area contributed by atoms with E-state index in [1.54, 1.807) is 18.4 Å². The molecule has 1 aliphatic heterocycles.